The van der Waals surface area contributed by atoms with Crippen LogP contribution >= 0.6 is 0 Å². The van der Waals surface area contributed by atoms with Crippen LogP contribution in [-0.4, -0.2) is 11.3 Å². The molecule has 0 aliphatic carbocycles. The second kappa shape index (κ2) is 12.7. The first-order valence-corrected chi connectivity index (χ1v) is 20.8. The van der Waals surface area contributed by atoms with Crippen molar-refractivity contribution >= 4 is 67.4 Å². The lowest BCUT2D eigenvalue weighted by Gasteiger charge is -2.41. The number of hydrogen-bond donors (Lipinski definition) is 0. The van der Waals surface area contributed by atoms with Crippen molar-refractivity contribution in [2.24, 2.45) is 0 Å². The fraction of sp³-hybridized carbons (Fsp3) is 0.0714. The van der Waals surface area contributed by atoms with E-state index in [-0.39, 0.29) is 6.85 Å². The number of hydrogen-bond acceptors (Lipinski definition) is 1. The van der Waals surface area contributed by atoms with E-state index in [2.05, 4.69) is 213 Å². The second-order valence-electron chi connectivity index (χ2n) is 16.7. The van der Waals surface area contributed by atoms with Crippen molar-refractivity contribution in [1.29, 1.82) is 0 Å². The number of benzene rings is 9. The maximum atomic E-state index is 2.70. The minimum atomic E-state index is -0.0425. The molecule has 1 aromatic heterocycles. The van der Waals surface area contributed by atoms with E-state index in [0.29, 0.717) is 0 Å². The maximum Gasteiger partial charge on any atom is 0.333 e. The van der Waals surface area contributed by atoms with Crippen LogP contribution in [0.3, 0.4) is 0 Å². The molecule has 0 atom stereocenters. The highest BCUT2D eigenvalue weighted by Gasteiger charge is 2.43. The van der Waals surface area contributed by atoms with Crippen LogP contribution < -0.4 is 15.8 Å². The lowest BCUT2D eigenvalue weighted by molar-refractivity contribution is 1.24. The zero-order valence-corrected chi connectivity index (χ0v) is 33.7. The molecule has 0 fully saturated rings. The zero-order valence-electron chi connectivity index (χ0n) is 33.7. The number of rotatable bonds is 4. The van der Waals surface area contributed by atoms with Gasteiger partial charge in [-0.1, -0.05) is 145 Å². The highest BCUT2D eigenvalue weighted by Crippen LogP contribution is 2.48. The van der Waals surface area contributed by atoms with Crippen molar-refractivity contribution in [1.82, 2.24) is 4.48 Å². The van der Waals surface area contributed by atoms with E-state index in [0.717, 1.165) is 5.69 Å². The molecule has 2 nitrogen and oxygen atoms in total. The van der Waals surface area contributed by atoms with Crippen LogP contribution in [0.2, 0.25) is 0 Å². The summed E-state index contributed by atoms with van der Waals surface area (Å²) in [5.74, 6) is 0. The molecule has 0 unspecified atom stereocenters. The van der Waals surface area contributed by atoms with Gasteiger partial charge in [-0.25, -0.2) is 0 Å². The number of anilines is 3. The molecule has 0 saturated heterocycles. The van der Waals surface area contributed by atoms with Gasteiger partial charge in [0.1, 0.15) is 0 Å². The van der Waals surface area contributed by atoms with Crippen LogP contribution in [0.15, 0.2) is 176 Å². The fourth-order valence-electron chi connectivity index (χ4n) is 10.8. The molecule has 3 heterocycles. The SMILES string of the molecule is Cc1cc(C)c(-c2ccc3c(c2)B2c4c(ccc(C)c4-c4cccc5c6c7ccccc7ccc6n2c45)N3c2cc(-c3ccccc3)cc(-c3ccccc3)c2)c(C)c1. The molecule has 278 valence electrons. The lowest BCUT2D eigenvalue weighted by atomic mass is 9.44. The van der Waals surface area contributed by atoms with Crippen molar-refractivity contribution < 1.29 is 0 Å². The van der Waals surface area contributed by atoms with Crippen LogP contribution in [0.5, 0.6) is 0 Å². The number of para-hydroxylation sites is 1. The first-order valence-electron chi connectivity index (χ1n) is 20.8. The molecule has 12 rings (SSSR count). The quantitative estimate of drug-likeness (QED) is 0.163. The summed E-state index contributed by atoms with van der Waals surface area (Å²) >= 11 is 0. The van der Waals surface area contributed by atoms with Crippen LogP contribution in [0, 0.1) is 27.7 Å². The first-order chi connectivity index (χ1) is 28.9. The van der Waals surface area contributed by atoms with E-state index in [1.807, 2.05) is 0 Å². The monoisotopic (exact) mass is 752 g/mol. The summed E-state index contributed by atoms with van der Waals surface area (Å²) in [7, 11) is 0. The summed E-state index contributed by atoms with van der Waals surface area (Å²) in [4.78, 5) is 2.56. The number of nitrogens with zero attached hydrogens (tertiary/aromatic N) is 2. The molecule has 2 aliphatic heterocycles. The summed E-state index contributed by atoms with van der Waals surface area (Å²) in [6.45, 7) is 9.00. The van der Waals surface area contributed by atoms with Crippen molar-refractivity contribution in [2.45, 2.75) is 27.7 Å². The molecule has 59 heavy (non-hydrogen) atoms. The fourth-order valence-corrected chi connectivity index (χ4v) is 10.8. The van der Waals surface area contributed by atoms with E-state index in [1.54, 1.807) is 0 Å². The van der Waals surface area contributed by atoms with Crippen molar-refractivity contribution in [3.05, 3.63) is 198 Å². The number of fused-ring (bicyclic) bond motifs is 9. The van der Waals surface area contributed by atoms with Gasteiger partial charge in [-0.05, 0) is 141 Å². The first kappa shape index (κ1) is 34.0. The van der Waals surface area contributed by atoms with Gasteiger partial charge in [0, 0.05) is 44.4 Å². The minimum Gasteiger partial charge on any atom is -0.375 e. The van der Waals surface area contributed by atoms with Crippen LogP contribution in [0.25, 0.3) is 77.1 Å². The van der Waals surface area contributed by atoms with Crippen LogP contribution in [0.4, 0.5) is 17.1 Å². The van der Waals surface area contributed by atoms with E-state index in [4.69, 9.17) is 0 Å². The topological polar surface area (TPSA) is 8.17 Å². The lowest BCUT2D eigenvalue weighted by Crippen LogP contribution is -2.56. The van der Waals surface area contributed by atoms with Gasteiger partial charge in [-0.2, -0.15) is 0 Å². The van der Waals surface area contributed by atoms with Gasteiger partial charge >= 0.3 is 6.85 Å². The third kappa shape index (κ3) is 4.95. The predicted molar refractivity (Wildman–Crippen MR) is 253 cm³/mol. The highest BCUT2D eigenvalue weighted by molar-refractivity contribution is 6.90. The Kier molecular flexibility index (Phi) is 7.32. The van der Waals surface area contributed by atoms with Gasteiger partial charge in [0.2, 0.25) is 0 Å². The molecule has 3 heteroatoms. The third-order valence-corrected chi connectivity index (χ3v) is 13.1. The van der Waals surface area contributed by atoms with Crippen LogP contribution in [0.1, 0.15) is 22.3 Å². The molecule has 0 spiro atoms. The summed E-state index contributed by atoms with van der Waals surface area (Å²) in [5.41, 5.74) is 24.1. The summed E-state index contributed by atoms with van der Waals surface area (Å²) < 4.78 is 2.70. The average molecular weight is 753 g/mol. The molecule has 0 bridgehead atoms. The molecular formula is C56H41BN2. The average Bonchev–Trinajstić information content (AvgIpc) is 3.61. The highest BCUT2D eigenvalue weighted by atomic mass is 15.2. The summed E-state index contributed by atoms with van der Waals surface area (Å²) in [6.07, 6.45) is 0. The summed E-state index contributed by atoms with van der Waals surface area (Å²) in [5, 5.41) is 5.23. The molecular weight excluding hydrogens is 711 g/mol. The molecule has 0 N–H and O–H groups in total. The van der Waals surface area contributed by atoms with Gasteiger partial charge in [-0.3, -0.25) is 0 Å². The van der Waals surface area contributed by atoms with E-state index < -0.39 is 0 Å². The molecule has 0 amide bonds. The molecule has 10 aromatic rings. The second-order valence-corrected chi connectivity index (χ2v) is 16.7. The number of aromatic nitrogens is 1. The molecule has 0 saturated carbocycles. The Morgan fingerprint density at radius 1 is 0.441 bits per heavy atom. The Labute approximate surface area is 345 Å². The van der Waals surface area contributed by atoms with Crippen molar-refractivity contribution in [3.8, 4) is 44.5 Å². The largest absolute Gasteiger partial charge is 0.375 e. The van der Waals surface area contributed by atoms with E-state index in [9.17, 15) is 0 Å². The van der Waals surface area contributed by atoms with Crippen molar-refractivity contribution in [2.75, 3.05) is 4.90 Å². The third-order valence-electron chi connectivity index (χ3n) is 13.1. The molecule has 0 radical (unpaired) electrons. The minimum absolute atomic E-state index is 0.0425. The van der Waals surface area contributed by atoms with Crippen LogP contribution in [-0.2, 0) is 0 Å². The van der Waals surface area contributed by atoms with Gasteiger partial charge in [0.05, 0.1) is 0 Å². The van der Waals surface area contributed by atoms with Gasteiger partial charge in [0.15, 0.2) is 0 Å². The summed E-state index contributed by atoms with van der Waals surface area (Å²) in [6, 6.07) is 66.1. The Balaban J connectivity index is 1.22. The normalized spacial score (nSPS) is 12.7. The molecule has 9 aromatic carbocycles. The zero-order chi connectivity index (χ0) is 39.5. The van der Waals surface area contributed by atoms with Gasteiger partial charge in [-0.15, -0.1) is 0 Å². The Bertz CT molecular complexity index is 3300. The van der Waals surface area contributed by atoms with E-state index >= 15 is 0 Å². The molecule has 2 aliphatic rings. The predicted octanol–water partition coefficient (Wildman–Crippen LogP) is 13.6. The Morgan fingerprint density at radius 2 is 1.10 bits per heavy atom. The standard InChI is InChI=1S/C56H41BN2/c1-34-28-36(3)52(37(4)29-34)41-24-26-49-48(33-41)57-55-51(58(49)44-31-42(38-14-7-5-8-15-38)30-43(32-44)39-16-9-6-10-17-39)25-22-35(2)53(55)46-20-13-21-47-54-45-19-12-11-18-40(45)23-27-50(54)59(57)56(46)47/h5-33H,1-4H3. The number of aryl methyl sites for hydroxylation is 4. The van der Waals surface area contributed by atoms with E-state index in [1.165, 1.54) is 122 Å². The van der Waals surface area contributed by atoms with Crippen molar-refractivity contribution in [3.63, 3.8) is 0 Å². The Morgan fingerprint density at radius 3 is 1.83 bits per heavy atom. The maximum absolute atomic E-state index is 2.70. The Hall–Kier alpha value is -7.10. The van der Waals surface area contributed by atoms with Gasteiger partial charge < -0.3 is 9.38 Å². The smallest absolute Gasteiger partial charge is 0.333 e. The van der Waals surface area contributed by atoms with Gasteiger partial charge in [0.25, 0.3) is 0 Å².